The van der Waals surface area contributed by atoms with Crippen LogP contribution in [0.4, 0.5) is 5.69 Å². The molecule has 0 spiro atoms. The first-order valence-corrected chi connectivity index (χ1v) is 9.76. The van der Waals surface area contributed by atoms with E-state index in [4.69, 9.17) is 0 Å². The Balaban J connectivity index is 1.44. The number of nitro groups is 1. The topological polar surface area (TPSA) is 90.1 Å². The zero-order chi connectivity index (χ0) is 18.6. The van der Waals surface area contributed by atoms with E-state index in [1.54, 1.807) is 20.8 Å². The summed E-state index contributed by atoms with van der Waals surface area (Å²) < 4.78 is 1.49. The second-order valence-corrected chi connectivity index (χ2v) is 9.03. The number of nitrogens with zero attached hydrogens (tertiary/aromatic N) is 3. The lowest BCUT2D eigenvalue weighted by molar-refractivity contribution is -0.386. The molecule has 1 unspecified atom stereocenters. The first-order valence-electron chi connectivity index (χ1n) is 9.76. The van der Waals surface area contributed by atoms with Crippen LogP contribution in [0.2, 0.25) is 0 Å². The Bertz CT molecular complexity index is 719. The van der Waals surface area contributed by atoms with Gasteiger partial charge in [0, 0.05) is 6.54 Å². The summed E-state index contributed by atoms with van der Waals surface area (Å²) in [6, 6.07) is -0.545. The minimum Gasteiger partial charge on any atom is -0.354 e. The molecule has 1 aromatic heterocycles. The van der Waals surface area contributed by atoms with Crippen molar-refractivity contribution in [3.8, 4) is 0 Å². The van der Waals surface area contributed by atoms with Crippen LogP contribution in [0.15, 0.2) is 0 Å². The second kappa shape index (κ2) is 6.06. The normalized spacial score (nSPS) is 33.3. The van der Waals surface area contributed by atoms with Crippen molar-refractivity contribution in [2.75, 3.05) is 6.54 Å². The highest BCUT2D eigenvalue weighted by molar-refractivity contribution is 5.80. The highest BCUT2D eigenvalue weighted by atomic mass is 16.6. The van der Waals surface area contributed by atoms with E-state index in [1.807, 2.05) is 0 Å². The van der Waals surface area contributed by atoms with Gasteiger partial charge in [-0.25, -0.2) is 0 Å². The monoisotopic (exact) mass is 360 g/mol. The summed E-state index contributed by atoms with van der Waals surface area (Å²) >= 11 is 0. The molecule has 1 aromatic rings. The number of hydrogen-bond acceptors (Lipinski definition) is 4. The van der Waals surface area contributed by atoms with Crippen LogP contribution in [-0.4, -0.2) is 27.2 Å². The number of hydrogen-bond donors (Lipinski definition) is 1. The summed E-state index contributed by atoms with van der Waals surface area (Å²) in [5.74, 6) is 2.47. The summed E-state index contributed by atoms with van der Waals surface area (Å²) in [6.45, 7) is 5.77. The van der Waals surface area contributed by atoms with Gasteiger partial charge in [-0.05, 0) is 82.5 Å². The van der Waals surface area contributed by atoms with Crippen molar-refractivity contribution in [2.24, 2.45) is 23.2 Å². The van der Waals surface area contributed by atoms with Gasteiger partial charge in [0.05, 0.1) is 4.92 Å². The van der Waals surface area contributed by atoms with E-state index < -0.39 is 11.0 Å². The van der Waals surface area contributed by atoms with Gasteiger partial charge in [-0.1, -0.05) is 0 Å². The van der Waals surface area contributed by atoms with E-state index in [9.17, 15) is 14.9 Å². The number of aryl methyl sites for hydroxylation is 1. The van der Waals surface area contributed by atoms with Gasteiger partial charge in [0.15, 0.2) is 0 Å². The van der Waals surface area contributed by atoms with Gasteiger partial charge in [-0.3, -0.25) is 19.6 Å². The van der Waals surface area contributed by atoms with E-state index in [-0.39, 0.29) is 17.0 Å². The van der Waals surface area contributed by atoms with Crippen molar-refractivity contribution < 1.29 is 9.72 Å². The molecule has 0 aromatic carbocycles. The third kappa shape index (κ3) is 2.81. The number of rotatable bonds is 5. The molecule has 26 heavy (non-hydrogen) atoms. The maximum Gasteiger partial charge on any atom is 0.312 e. The average molecular weight is 360 g/mol. The fourth-order valence-corrected chi connectivity index (χ4v) is 6.34. The van der Waals surface area contributed by atoms with Crippen LogP contribution in [0.5, 0.6) is 0 Å². The Kier molecular flexibility index (Phi) is 4.08. The lowest BCUT2D eigenvalue weighted by Gasteiger charge is -2.57. The molecule has 4 fully saturated rings. The van der Waals surface area contributed by atoms with Gasteiger partial charge in [-0.2, -0.15) is 5.10 Å². The molecular weight excluding hydrogens is 332 g/mol. The molecule has 4 aliphatic carbocycles. The fourth-order valence-electron chi connectivity index (χ4n) is 6.34. The first kappa shape index (κ1) is 17.5. The number of aromatic nitrogens is 2. The minimum atomic E-state index is -0.545. The van der Waals surface area contributed by atoms with Gasteiger partial charge >= 0.3 is 5.69 Å². The van der Waals surface area contributed by atoms with Crippen molar-refractivity contribution in [2.45, 2.75) is 65.3 Å². The quantitative estimate of drug-likeness (QED) is 0.644. The minimum absolute atomic E-state index is 0.00531. The lowest BCUT2D eigenvalue weighted by atomic mass is 9.49. The summed E-state index contributed by atoms with van der Waals surface area (Å²) in [6.07, 6.45) is 7.91. The Hall–Kier alpha value is -1.92. The van der Waals surface area contributed by atoms with E-state index in [1.165, 1.54) is 43.2 Å². The highest BCUT2D eigenvalue weighted by Crippen LogP contribution is 2.59. The fraction of sp³-hybridized carbons (Fsp3) is 0.789. The molecule has 5 rings (SSSR count). The van der Waals surface area contributed by atoms with Crippen LogP contribution in [0.25, 0.3) is 0 Å². The van der Waals surface area contributed by atoms with Gasteiger partial charge in [0.1, 0.15) is 17.4 Å². The summed E-state index contributed by atoms with van der Waals surface area (Å²) in [5.41, 5.74) is 1.08. The largest absolute Gasteiger partial charge is 0.354 e. The molecule has 0 radical (unpaired) electrons. The van der Waals surface area contributed by atoms with Crippen molar-refractivity contribution in [3.63, 3.8) is 0 Å². The molecule has 1 N–H and O–H groups in total. The third-order valence-corrected chi connectivity index (χ3v) is 7.02. The Morgan fingerprint density at radius 3 is 2.27 bits per heavy atom. The molecule has 7 heteroatoms. The van der Waals surface area contributed by atoms with E-state index in [2.05, 4.69) is 10.4 Å². The molecule has 4 saturated carbocycles. The molecular formula is C19H28N4O3. The van der Waals surface area contributed by atoms with E-state index in [0.717, 1.165) is 24.3 Å². The Labute approximate surface area is 153 Å². The van der Waals surface area contributed by atoms with Gasteiger partial charge in [0.25, 0.3) is 0 Å². The van der Waals surface area contributed by atoms with Crippen LogP contribution in [0.1, 0.15) is 62.9 Å². The number of amides is 1. The zero-order valence-electron chi connectivity index (χ0n) is 15.8. The van der Waals surface area contributed by atoms with Crippen LogP contribution >= 0.6 is 0 Å². The average Bonchev–Trinajstić information content (AvgIpc) is 2.85. The van der Waals surface area contributed by atoms with Crippen LogP contribution in [0.3, 0.4) is 0 Å². The number of nitrogens with one attached hydrogen (secondary N) is 1. The predicted molar refractivity (Wildman–Crippen MR) is 96.7 cm³/mol. The van der Waals surface area contributed by atoms with Crippen molar-refractivity contribution in [1.82, 2.24) is 15.1 Å². The summed E-state index contributed by atoms with van der Waals surface area (Å²) in [4.78, 5) is 23.5. The predicted octanol–water partition coefficient (Wildman–Crippen LogP) is 3.30. The molecule has 7 nitrogen and oxygen atoms in total. The Morgan fingerprint density at radius 1 is 1.27 bits per heavy atom. The molecule has 4 aliphatic rings. The van der Waals surface area contributed by atoms with Gasteiger partial charge in [-0.15, -0.1) is 0 Å². The Morgan fingerprint density at radius 2 is 1.81 bits per heavy atom. The number of carbonyl (C=O) groups is 1. The summed E-state index contributed by atoms with van der Waals surface area (Å²) in [7, 11) is 0. The molecule has 1 heterocycles. The highest BCUT2D eigenvalue weighted by Gasteiger charge is 2.50. The smallest absolute Gasteiger partial charge is 0.312 e. The number of carbonyl (C=O) groups excluding carboxylic acids is 1. The van der Waals surface area contributed by atoms with Crippen LogP contribution < -0.4 is 5.32 Å². The molecule has 4 bridgehead atoms. The lowest BCUT2D eigenvalue weighted by Crippen LogP contribution is -2.51. The van der Waals surface area contributed by atoms with E-state index in [0.29, 0.717) is 11.4 Å². The van der Waals surface area contributed by atoms with E-state index >= 15 is 0 Å². The molecule has 1 atom stereocenters. The summed E-state index contributed by atoms with van der Waals surface area (Å²) in [5, 5.41) is 18.6. The van der Waals surface area contributed by atoms with Crippen molar-refractivity contribution >= 4 is 11.6 Å². The standard InChI is InChI=1S/C19H28N4O3/c1-11-17(23(25)26)12(2)22(21-11)13(3)18(24)20-10-19-7-14-4-15(8-19)6-16(5-14)9-19/h13-16H,4-10H2,1-3H3,(H,20,24). The maximum atomic E-state index is 12.7. The molecule has 0 saturated heterocycles. The SMILES string of the molecule is Cc1nn(C(C)C(=O)NCC23CC4CC(CC(C4)C2)C3)c(C)c1[N+](=O)[O-]. The zero-order valence-corrected chi connectivity index (χ0v) is 15.8. The van der Waals surface area contributed by atoms with Gasteiger partial charge in [0.2, 0.25) is 5.91 Å². The van der Waals surface area contributed by atoms with Crippen molar-refractivity contribution in [3.05, 3.63) is 21.5 Å². The van der Waals surface area contributed by atoms with Crippen LogP contribution in [0, 0.1) is 47.1 Å². The van der Waals surface area contributed by atoms with Crippen molar-refractivity contribution in [1.29, 1.82) is 0 Å². The maximum absolute atomic E-state index is 12.7. The van der Waals surface area contributed by atoms with Gasteiger partial charge < -0.3 is 5.32 Å². The first-order chi connectivity index (χ1) is 12.3. The van der Waals surface area contributed by atoms with Crippen LogP contribution in [-0.2, 0) is 4.79 Å². The third-order valence-electron chi connectivity index (χ3n) is 7.02. The second-order valence-electron chi connectivity index (χ2n) is 9.03. The molecule has 1 amide bonds. The molecule has 0 aliphatic heterocycles. The molecule has 142 valence electrons.